The highest BCUT2D eigenvalue weighted by Gasteiger charge is 2.06. The molecule has 4 N–H and O–H groups in total. The number of nitrogen functional groups attached to an aromatic ring is 1. The fourth-order valence-corrected chi connectivity index (χ4v) is 1.80. The van der Waals surface area contributed by atoms with Gasteiger partial charge in [-0.1, -0.05) is 0 Å². The first-order valence-corrected chi connectivity index (χ1v) is 7.28. The number of hydrogen-bond acceptors (Lipinski definition) is 4. The van der Waals surface area contributed by atoms with Crippen molar-refractivity contribution in [1.82, 2.24) is 10.0 Å². The number of anilines is 1. The van der Waals surface area contributed by atoms with Gasteiger partial charge in [0, 0.05) is 24.3 Å². The number of amides is 1. The zero-order chi connectivity index (χ0) is 13.8. The summed E-state index contributed by atoms with van der Waals surface area (Å²) >= 11 is 0. The number of rotatable bonds is 5. The normalized spacial score (nSPS) is 11.2. The molecule has 0 bridgehead atoms. The SMILES string of the molecule is Cc1cc(C(=O)NCCNS(C)(=O)=O)ccc1N. The number of benzene rings is 1. The van der Waals surface area contributed by atoms with Crippen molar-refractivity contribution in [1.29, 1.82) is 0 Å². The molecule has 1 aromatic carbocycles. The summed E-state index contributed by atoms with van der Waals surface area (Å²) in [6, 6.07) is 4.98. The molecule has 0 radical (unpaired) electrons. The van der Waals surface area contributed by atoms with E-state index in [2.05, 4.69) is 10.0 Å². The molecule has 0 unspecified atom stereocenters. The molecule has 18 heavy (non-hydrogen) atoms. The minimum absolute atomic E-state index is 0.165. The Hall–Kier alpha value is -1.60. The third-order valence-corrected chi connectivity index (χ3v) is 3.04. The first-order chi connectivity index (χ1) is 8.29. The molecule has 0 aromatic heterocycles. The van der Waals surface area contributed by atoms with Gasteiger partial charge in [0.25, 0.3) is 5.91 Å². The molecule has 0 spiro atoms. The first-order valence-electron chi connectivity index (χ1n) is 5.38. The van der Waals surface area contributed by atoms with Crippen molar-refractivity contribution in [3.05, 3.63) is 29.3 Å². The molecule has 100 valence electrons. The van der Waals surface area contributed by atoms with Gasteiger partial charge in [0.05, 0.1) is 6.26 Å². The van der Waals surface area contributed by atoms with Crippen LogP contribution in [0.2, 0.25) is 0 Å². The molecule has 1 rings (SSSR count). The van der Waals surface area contributed by atoms with Crippen molar-refractivity contribution in [2.75, 3.05) is 25.1 Å². The maximum absolute atomic E-state index is 11.7. The van der Waals surface area contributed by atoms with Crippen LogP contribution in [0.25, 0.3) is 0 Å². The predicted octanol–water partition coefficient (Wildman–Crippen LogP) is -0.144. The average molecular weight is 271 g/mol. The maximum Gasteiger partial charge on any atom is 0.251 e. The van der Waals surface area contributed by atoms with E-state index in [-0.39, 0.29) is 19.0 Å². The molecule has 1 amide bonds. The second-order valence-corrected chi connectivity index (χ2v) is 5.83. The summed E-state index contributed by atoms with van der Waals surface area (Å²) in [5, 5.41) is 2.61. The van der Waals surface area contributed by atoms with Gasteiger partial charge < -0.3 is 11.1 Å². The second kappa shape index (κ2) is 5.83. The highest BCUT2D eigenvalue weighted by molar-refractivity contribution is 7.88. The molecule has 1 aromatic rings. The van der Waals surface area contributed by atoms with Crippen molar-refractivity contribution < 1.29 is 13.2 Å². The summed E-state index contributed by atoms with van der Waals surface area (Å²) in [4.78, 5) is 11.7. The number of nitrogens with one attached hydrogen (secondary N) is 2. The summed E-state index contributed by atoms with van der Waals surface area (Å²) in [7, 11) is -3.22. The Morgan fingerprint density at radius 3 is 2.56 bits per heavy atom. The Kier molecular flexibility index (Phi) is 4.69. The van der Waals surface area contributed by atoms with Crippen LogP contribution < -0.4 is 15.8 Å². The van der Waals surface area contributed by atoms with Gasteiger partial charge in [0.15, 0.2) is 0 Å². The minimum Gasteiger partial charge on any atom is -0.399 e. The average Bonchev–Trinajstić information content (AvgIpc) is 2.26. The Balaban J connectivity index is 2.48. The van der Waals surface area contributed by atoms with Gasteiger partial charge in [-0.15, -0.1) is 0 Å². The Bertz CT molecular complexity index is 540. The molecule has 0 heterocycles. The van der Waals surface area contributed by atoms with Crippen LogP contribution in [0.15, 0.2) is 18.2 Å². The summed E-state index contributed by atoms with van der Waals surface area (Å²) in [6.45, 7) is 2.21. The summed E-state index contributed by atoms with van der Waals surface area (Å²) in [6.07, 6.45) is 1.07. The highest BCUT2D eigenvalue weighted by atomic mass is 32.2. The largest absolute Gasteiger partial charge is 0.399 e. The smallest absolute Gasteiger partial charge is 0.251 e. The molecule has 0 aliphatic carbocycles. The van der Waals surface area contributed by atoms with Crippen LogP contribution in [-0.4, -0.2) is 33.7 Å². The molecular weight excluding hydrogens is 254 g/mol. The molecule has 0 saturated heterocycles. The fourth-order valence-electron chi connectivity index (χ4n) is 1.33. The summed E-state index contributed by atoms with van der Waals surface area (Å²) in [5.41, 5.74) is 7.61. The van der Waals surface area contributed by atoms with Crippen LogP contribution in [-0.2, 0) is 10.0 Å². The molecular formula is C11H17N3O3S. The van der Waals surface area contributed by atoms with E-state index in [9.17, 15) is 13.2 Å². The monoisotopic (exact) mass is 271 g/mol. The van der Waals surface area contributed by atoms with Gasteiger partial charge in [-0.2, -0.15) is 0 Å². The molecule has 0 fully saturated rings. The van der Waals surface area contributed by atoms with Crippen molar-refractivity contribution in [2.24, 2.45) is 0 Å². The topological polar surface area (TPSA) is 101 Å². The van der Waals surface area contributed by atoms with E-state index in [1.807, 2.05) is 6.92 Å². The third-order valence-electron chi connectivity index (χ3n) is 2.31. The lowest BCUT2D eigenvalue weighted by atomic mass is 10.1. The quantitative estimate of drug-likeness (QED) is 0.512. The number of carbonyl (C=O) groups excluding carboxylic acids is 1. The second-order valence-electron chi connectivity index (χ2n) is 3.99. The number of carbonyl (C=O) groups is 1. The van der Waals surface area contributed by atoms with Gasteiger partial charge in [0.2, 0.25) is 10.0 Å². The van der Waals surface area contributed by atoms with E-state index in [4.69, 9.17) is 5.73 Å². The van der Waals surface area contributed by atoms with Gasteiger partial charge in [0.1, 0.15) is 0 Å². The lowest BCUT2D eigenvalue weighted by molar-refractivity contribution is 0.0954. The van der Waals surface area contributed by atoms with E-state index in [1.165, 1.54) is 0 Å². The van der Waals surface area contributed by atoms with Crippen LogP contribution in [0.3, 0.4) is 0 Å². The molecule has 0 aliphatic rings. The van der Waals surface area contributed by atoms with Crippen molar-refractivity contribution in [3.8, 4) is 0 Å². The predicted molar refractivity (Wildman–Crippen MR) is 70.8 cm³/mol. The van der Waals surface area contributed by atoms with Crippen molar-refractivity contribution in [3.63, 3.8) is 0 Å². The highest BCUT2D eigenvalue weighted by Crippen LogP contribution is 2.12. The van der Waals surface area contributed by atoms with Crippen LogP contribution in [0.1, 0.15) is 15.9 Å². The maximum atomic E-state index is 11.7. The van der Waals surface area contributed by atoms with Crippen LogP contribution in [0, 0.1) is 6.92 Å². The standard InChI is InChI=1S/C11H17N3O3S/c1-8-7-9(3-4-10(8)12)11(15)13-5-6-14-18(2,16)17/h3-4,7,14H,5-6,12H2,1-2H3,(H,13,15). The van der Waals surface area contributed by atoms with E-state index < -0.39 is 10.0 Å². The Labute approximate surface area is 107 Å². The first kappa shape index (κ1) is 14.5. The van der Waals surface area contributed by atoms with Gasteiger partial charge >= 0.3 is 0 Å². The van der Waals surface area contributed by atoms with Gasteiger partial charge in [-0.05, 0) is 30.7 Å². The summed E-state index contributed by atoms with van der Waals surface area (Å²) in [5.74, 6) is -0.256. The lowest BCUT2D eigenvalue weighted by Crippen LogP contribution is -2.34. The van der Waals surface area contributed by atoms with Crippen LogP contribution >= 0.6 is 0 Å². The Morgan fingerprint density at radius 2 is 2.00 bits per heavy atom. The zero-order valence-corrected chi connectivity index (χ0v) is 11.2. The van der Waals surface area contributed by atoms with Crippen molar-refractivity contribution >= 4 is 21.6 Å². The van der Waals surface area contributed by atoms with Crippen LogP contribution in [0.5, 0.6) is 0 Å². The van der Waals surface area contributed by atoms with E-state index in [0.29, 0.717) is 11.3 Å². The molecule has 7 heteroatoms. The number of nitrogens with two attached hydrogens (primary N) is 1. The van der Waals surface area contributed by atoms with Gasteiger partial charge in [-0.25, -0.2) is 13.1 Å². The van der Waals surface area contributed by atoms with E-state index >= 15 is 0 Å². The minimum atomic E-state index is -3.22. The number of hydrogen-bond donors (Lipinski definition) is 3. The van der Waals surface area contributed by atoms with Crippen molar-refractivity contribution in [2.45, 2.75) is 6.92 Å². The van der Waals surface area contributed by atoms with Crippen LogP contribution in [0.4, 0.5) is 5.69 Å². The molecule has 0 saturated carbocycles. The third kappa shape index (κ3) is 4.72. The molecule has 6 nitrogen and oxygen atoms in total. The Morgan fingerprint density at radius 1 is 1.33 bits per heavy atom. The van der Waals surface area contributed by atoms with E-state index in [1.54, 1.807) is 18.2 Å². The zero-order valence-electron chi connectivity index (χ0n) is 10.4. The lowest BCUT2D eigenvalue weighted by Gasteiger charge is -2.07. The van der Waals surface area contributed by atoms with Gasteiger partial charge in [-0.3, -0.25) is 4.79 Å². The number of aryl methyl sites for hydroxylation is 1. The fraction of sp³-hybridized carbons (Fsp3) is 0.364. The molecule has 0 atom stereocenters. The summed E-state index contributed by atoms with van der Waals surface area (Å²) < 4.78 is 23.9. The van der Waals surface area contributed by atoms with E-state index in [0.717, 1.165) is 11.8 Å². The number of sulfonamides is 1. The molecule has 0 aliphatic heterocycles.